The Morgan fingerprint density at radius 1 is 1.22 bits per heavy atom. The number of aliphatic hydroxyl groups is 1. The predicted octanol–water partition coefficient (Wildman–Crippen LogP) is 2.98. The van der Waals surface area contributed by atoms with E-state index in [1.165, 1.54) is 23.1 Å². The summed E-state index contributed by atoms with van der Waals surface area (Å²) in [4.78, 5) is 26.5. The molecule has 172 valence electrons. The first-order valence-corrected chi connectivity index (χ1v) is 10.4. The molecule has 1 aliphatic heterocycles. The van der Waals surface area contributed by atoms with Gasteiger partial charge >= 0.3 is 5.97 Å². The van der Waals surface area contributed by atoms with Crippen molar-refractivity contribution < 1.29 is 33.3 Å². The Kier molecular flexibility index (Phi) is 7.60. The Labute approximate surface area is 186 Å². The molecule has 1 amide bonds. The van der Waals surface area contributed by atoms with Crippen LogP contribution in [0.1, 0.15) is 31.9 Å². The van der Waals surface area contributed by atoms with Gasteiger partial charge in [-0.1, -0.05) is 30.3 Å². The number of rotatable bonds is 7. The van der Waals surface area contributed by atoms with Crippen LogP contribution in [0.25, 0.3) is 0 Å². The molecule has 2 aromatic carbocycles. The number of esters is 1. The minimum absolute atomic E-state index is 0.0249. The van der Waals surface area contributed by atoms with Crippen molar-refractivity contribution in [3.8, 4) is 0 Å². The molecular weight excluding hydrogens is 417 g/mol. The van der Waals surface area contributed by atoms with Crippen molar-refractivity contribution in [1.82, 2.24) is 0 Å². The van der Waals surface area contributed by atoms with Crippen molar-refractivity contribution in [3.63, 3.8) is 0 Å². The lowest BCUT2D eigenvalue weighted by atomic mass is 10.1. The number of carbonyl (C=O) groups is 2. The van der Waals surface area contributed by atoms with Gasteiger partial charge in [0.25, 0.3) is 5.91 Å². The summed E-state index contributed by atoms with van der Waals surface area (Å²) < 4.78 is 30.5. The average molecular weight is 445 g/mol. The molecule has 0 spiro atoms. The molecule has 0 radical (unpaired) electrons. The zero-order chi connectivity index (χ0) is 23.3. The third-order valence-electron chi connectivity index (χ3n) is 4.77. The van der Waals surface area contributed by atoms with Crippen LogP contribution in [0.15, 0.2) is 48.5 Å². The van der Waals surface area contributed by atoms with Crippen LogP contribution in [0.4, 0.5) is 10.1 Å². The van der Waals surface area contributed by atoms with Gasteiger partial charge in [0.05, 0.1) is 19.8 Å². The van der Waals surface area contributed by atoms with Gasteiger partial charge in [-0.3, -0.25) is 4.79 Å². The van der Waals surface area contributed by atoms with Crippen LogP contribution in [0.2, 0.25) is 0 Å². The van der Waals surface area contributed by atoms with Crippen LogP contribution in [0.5, 0.6) is 0 Å². The average Bonchev–Trinajstić information content (AvgIpc) is 2.74. The number of anilines is 1. The van der Waals surface area contributed by atoms with Gasteiger partial charge in [-0.2, -0.15) is 0 Å². The van der Waals surface area contributed by atoms with E-state index in [1.807, 2.05) is 30.3 Å². The number of benzene rings is 2. The minimum atomic E-state index is -1.77. The molecule has 7 nitrogen and oxygen atoms in total. The number of hydrogen-bond acceptors (Lipinski definition) is 6. The number of carbonyl (C=O) groups excluding carboxylic acids is 2. The number of halogens is 1. The highest BCUT2D eigenvalue weighted by Gasteiger charge is 2.41. The first kappa shape index (κ1) is 23.8. The zero-order valence-electron chi connectivity index (χ0n) is 18.4. The second-order valence-electron chi connectivity index (χ2n) is 8.51. The SMILES string of the molecule is CC(C)(C)OC(=O)[C@H](O)[C@H]1OCCN(c2ccc(F)c(COCc3ccccc3)c2)C1=O. The zero-order valence-corrected chi connectivity index (χ0v) is 18.4. The smallest absolute Gasteiger partial charge is 0.338 e. The fourth-order valence-electron chi connectivity index (χ4n) is 3.27. The molecule has 1 saturated heterocycles. The van der Waals surface area contributed by atoms with Gasteiger partial charge in [0.2, 0.25) is 0 Å². The maximum atomic E-state index is 14.3. The highest BCUT2D eigenvalue weighted by Crippen LogP contribution is 2.24. The second-order valence-corrected chi connectivity index (χ2v) is 8.51. The van der Waals surface area contributed by atoms with Crippen LogP contribution < -0.4 is 4.90 Å². The monoisotopic (exact) mass is 445 g/mol. The first-order chi connectivity index (χ1) is 15.2. The first-order valence-electron chi connectivity index (χ1n) is 10.4. The van der Waals surface area contributed by atoms with Crippen molar-refractivity contribution in [2.24, 2.45) is 0 Å². The molecule has 1 N–H and O–H groups in total. The summed E-state index contributed by atoms with van der Waals surface area (Å²) in [7, 11) is 0. The van der Waals surface area contributed by atoms with Crippen molar-refractivity contribution >= 4 is 17.6 Å². The van der Waals surface area contributed by atoms with Gasteiger partial charge in [-0.25, -0.2) is 9.18 Å². The topological polar surface area (TPSA) is 85.3 Å². The van der Waals surface area contributed by atoms with E-state index in [0.717, 1.165) is 5.56 Å². The molecule has 32 heavy (non-hydrogen) atoms. The highest BCUT2D eigenvalue weighted by atomic mass is 19.1. The van der Waals surface area contributed by atoms with E-state index >= 15 is 0 Å². The van der Waals surface area contributed by atoms with Crippen LogP contribution in [0.3, 0.4) is 0 Å². The Bertz CT molecular complexity index is 943. The number of nitrogens with zero attached hydrogens (tertiary/aromatic N) is 1. The molecule has 8 heteroatoms. The van der Waals surface area contributed by atoms with Gasteiger partial charge in [0.15, 0.2) is 12.2 Å². The molecule has 0 bridgehead atoms. The number of morpholine rings is 1. The molecule has 3 rings (SSSR count). The predicted molar refractivity (Wildman–Crippen MR) is 115 cm³/mol. The van der Waals surface area contributed by atoms with Crippen LogP contribution in [0, 0.1) is 5.82 Å². The quantitative estimate of drug-likeness (QED) is 0.660. The van der Waals surface area contributed by atoms with Crippen molar-refractivity contribution in [3.05, 3.63) is 65.5 Å². The standard InChI is InChI=1S/C24H28FNO6/c1-24(2,3)32-23(29)20(27)21-22(28)26(11-12-31-21)18-9-10-19(25)17(13-18)15-30-14-16-7-5-4-6-8-16/h4-10,13,20-21,27H,11-12,14-15H2,1-3H3/t20-,21-/m1/s1. The Morgan fingerprint density at radius 3 is 2.62 bits per heavy atom. The van der Waals surface area contributed by atoms with Gasteiger partial charge in [-0.05, 0) is 44.5 Å². The molecule has 0 saturated carbocycles. The van der Waals surface area contributed by atoms with Crippen LogP contribution >= 0.6 is 0 Å². The van der Waals surface area contributed by atoms with E-state index in [2.05, 4.69) is 0 Å². The van der Waals surface area contributed by atoms with Crippen LogP contribution in [-0.2, 0) is 37.0 Å². The fourth-order valence-corrected chi connectivity index (χ4v) is 3.27. The lowest BCUT2D eigenvalue weighted by molar-refractivity contribution is -0.177. The number of ether oxygens (including phenoxy) is 3. The largest absolute Gasteiger partial charge is 0.458 e. The Hall–Kier alpha value is -2.81. The summed E-state index contributed by atoms with van der Waals surface area (Å²) in [6.07, 6.45) is -3.17. The molecular formula is C24H28FNO6. The molecule has 0 unspecified atom stereocenters. The van der Waals surface area contributed by atoms with E-state index in [0.29, 0.717) is 17.9 Å². The molecule has 0 aliphatic carbocycles. The molecule has 1 fully saturated rings. The van der Waals surface area contributed by atoms with E-state index in [-0.39, 0.29) is 19.8 Å². The third kappa shape index (κ3) is 6.12. The molecule has 1 heterocycles. The molecule has 2 atom stereocenters. The number of aliphatic hydroxyl groups excluding tert-OH is 1. The summed E-state index contributed by atoms with van der Waals surface area (Å²) in [5.74, 6) is -1.99. The lowest BCUT2D eigenvalue weighted by Gasteiger charge is -2.34. The maximum absolute atomic E-state index is 14.3. The lowest BCUT2D eigenvalue weighted by Crippen LogP contribution is -2.55. The summed E-state index contributed by atoms with van der Waals surface area (Å²) in [5, 5.41) is 10.3. The molecule has 2 aromatic rings. The Balaban J connectivity index is 1.69. The van der Waals surface area contributed by atoms with Crippen molar-refractivity contribution in [2.75, 3.05) is 18.1 Å². The normalized spacial score (nSPS) is 17.8. The number of hydrogen-bond donors (Lipinski definition) is 1. The summed E-state index contributed by atoms with van der Waals surface area (Å²) >= 11 is 0. The second kappa shape index (κ2) is 10.2. The van der Waals surface area contributed by atoms with Gasteiger partial charge in [0.1, 0.15) is 11.4 Å². The third-order valence-corrected chi connectivity index (χ3v) is 4.77. The minimum Gasteiger partial charge on any atom is -0.458 e. The molecule has 0 aromatic heterocycles. The van der Waals surface area contributed by atoms with E-state index in [1.54, 1.807) is 20.8 Å². The van der Waals surface area contributed by atoms with E-state index < -0.39 is 35.5 Å². The fraction of sp³-hybridized carbons (Fsp3) is 0.417. The van der Waals surface area contributed by atoms with Gasteiger partial charge in [0, 0.05) is 17.8 Å². The van der Waals surface area contributed by atoms with E-state index in [4.69, 9.17) is 14.2 Å². The van der Waals surface area contributed by atoms with Crippen molar-refractivity contribution in [2.45, 2.75) is 51.8 Å². The van der Waals surface area contributed by atoms with Gasteiger partial charge in [-0.15, -0.1) is 0 Å². The van der Waals surface area contributed by atoms with Crippen LogP contribution in [-0.4, -0.2) is 47.9 Å². The summed E-state index contributed by atoms with van der Waals surface area (Å²) in [6.45, 7) is 5.64. The van der Waals surface area contributed by atoms with Gasteiger partial charge < -0.3 is 24.2 Å². The summed E-state index contributed by atoms with van der Waals surface area (Å²) in [5.41, 5.74) is 0.869. The highest BCUT2D eigenvalue weighted by molar-refractivity contribution is 6.00. The summed E-state index contributed by atoms with van der Waals surface area (Å²) in [6, 6.07) is 13.8. The van der Waals surface area contributed by atoms with E-state index in [9.17, 15) is 19.1 Å². The molecule has 1 aliphatic rings. The van der Waals surface area contributed by atoms with Crippen molar-refractivity contribution in [1.29, 1.82) is 0 Å². The Morgan fingerprint density at radius 2 is 1.94 bits per heavy atom. The maximum Gasteiger partial charge on any atom is 0.338 e. The number of amides is 1.